The summed E-state index contributed by atoms with van der Waals surface area (Å²) in [7, 11) is -1.81. The number of benzene rings is 2. The Kier molecular flexibility index (Phi) is 3.79. The van der Waals surface area contributed by atoms with Crippen molar-refractivity contribution in [2.75, 3.05) is 7.05 Å². The second kappa shape index (κ2) is 5.33. The zero-order valence-electron chi connectivity index (χ0n) is 10.2. The fourth-order valence-electron chi connectivity index (χ4n) is 1.70. The molecule has 0 unspecified atom stereocenters. The van der Waals surface area contributed by atoms with Crippen LogP contribution in [0.1, 0.15) is 5.56 Å². The molecule has 0 N–H and O–H groups in total. The quantitative estimate of drug-likeness (QED) is 0.848. The van der Waals surface area contributed by atoms with E-state index < -0.39 is 10.0 Å². The van der Waals surface area contributed by atoms with Crippen molar-refractivity contribution in [3.05, 3.63) is 66.2 Å². The average molecular weight is 261 g/mol. The van der Waals surface area contributed by atoms with Crippen LogP contribution in [-0.2, 0) is 16.6 Å². The summed E-state index contributed by atoms with van der Waals surface area (Å²) in [5.41, 5.74) is 0.972. The largest absolute Gasteiger partial charge is 0.243 e. The summed E-state index contributed by atoms with van der Waals surface area (Å²) in [6.07, 6.45) is 0. The van der Waals surface area contributed by atoms with Gasteiger partial charge in [-0.3, -0.25) is 0 Å². The molecule has 0 saturated carbocycles. The summed E-state index contributed by atoms with van der Waals surface area (Å²) in [5.74, 6) is 0. The summed E-state index contributed by atoms with van der Waals surface area (Å²) in [6, 6.07) is 18.0. The molecule has 0 aromatic heterocycles. The van der Waals surface area contributed by atoms with Crippen LogP contribution < -0.4 is 0 Å². The molecule has 0 saturated heterocycles. The molecule has 0 spiro atoms. The number of sulfonamides is 1. The second-order valence-corrected chi connectivity index (χ2v) is 6.10. The summed E-state index contributed by atoms with van der Waals surface area (Å²) < 4.78 is 25.9. The topological polar surface area (TPSA) is 37.4 Å². The molecule has 2 aromatic rings. The van der Waals surface area contributed by atoms with Gasteiger partial charge in [-0.1, -0.05) is 48.5 Å². The Bertz CT molecular complexity index is 594. The van der Waals surface area contributed by atoms with Gasteiger partial charge in [-0.05, 0) is 17.7 Å². The minimum Gasteiger partial charge on any atom is -0.207 e. The van der Waals surface area contributed by atoms with Gasteiger partial charge in [0.05, 0.1) is 4.90 Å². The Morgan fingerprint density at radius 2 is 1.39 bits per heavy atom. The third kappa shape index (κ3) is 2.78. The van der Waals surface area contributed by atoms with Crippen LogP contribution in [0.3, 0.4) is 0 Å². The molecule has 0 aliphatic heterocycles. The van der Waals surface area contributed by atoms with Crippen LogP contribution in [0.4, 0.5) is 0 Å². The van der Waals surface area contributed by atoms with Crippen molar-refractivity contribution in [3.8, 4) is 0 Å². The minimum atomic E-state index is -3.40. The molecule has 0 fully saturated rings. The normalized spacial score (nSPS) is 11.7. The Morgan fingerprint density at radius 1 is 0.889 bits per heavy atom. The lowest BCUT2D eigenvalue weighted by Crippen LogP contribution is -2.26. The summed E-state index contributed by atoms with van der Waals surface area (Å²) in [4.78, 5) is 0.323. The second-order valence-electron chi connectivity index (χ2n) is 4.06. The van der Waals surface area contributed by atoms with Gasteiger partial charge in [0.25, 0.3) is 0 Å². The number of rotatable bonds is 4. The molecule has 94 valence electrons. The van der Waals surface area contributed by atoms with Gasteiger partial charge in [0.1, 0.15) is 0 Å². The van der Waals surface area contributed by atoms with Crippen LogP contribution in [0, 0.1) is 0 Å². The zero-order chi connectivity index (χ0) is 13.0. The van der Waals surface area contributed by atoms with Crippen LogP contribution in [0.15, 0.2) is 65.6 Å². The first-order chi connectivity index (χ1) is 8.60. The Balaban J connectivity index is 2.21. The fraction of sp³-hybridized carbons (Fsp3) is 0.143. The summed E-state index contributed by atoms with van der Waals surface area (Å²) in [6.45, 7) is 0.373. The van der Waals surface area contributed by atoms with Gasteiger partial charge >= 0.3 is 0 Å². The van der Waals surface area contributed by atoms with E-state index in [0.29, 0.717) is 11.4 Å². The molecule has 2 aromatic carbocycles. The lowest BCUT2D eigenvalue weighted by molar-refractivity contribution is 0.467. The van der Waals surface area contributed by atoms with Gasteiger partial charge < -0.3 is 0 Å². The Labute approximate surface area is 108 Å². The number of hydrogen-bond acceptors (Lipinski definition) is 2. The van der Waals surface area contributed by atoms with Crippen molar-refractivity contribution in [1.82, 2.24) is 4.31 Å². The van der Waals surface area contributed by atoms with E-state index in [2.05, 4.69) is 0 Å². The Hall–Kier alpha value is -1.65. The molecule has 0 radical (unpaired) electrons. The molecule has 2 rings (SSSR count). The van der Waals surface area contributed by atoms with Crippen molar-refractivity contribution in [2.45, 2.75) is 11.4 Å². The predicted octanol–water partition coefficient (Wildman–Crippen LogP) is 2.51. The van der Waals surface area contributed by atoms with Crippen molar-refractivity contribution in [2.24, 2.45) is 0 Å². The molecular formula is C14H15NO2S. The highest BCUT2D eigenvalue weighted by molar-refractivity contribution is 7.89. The first-order valence-electron chi connectivity index (χ1n) is 5.66. The van der Waals surface area contributed by atoms with Crippen molar-refractivity contribution in [3.63, 3.8) is 0 Å². The third-order valence-corrected chi connectivity index (χ3v) is 4.52. The van der Waals surface area contributed by atoms with E-state index in [0.717, 1.165) is 5.56 Å². The Morgan fingerprint density at radius 3 is 1.94 bits per heavy atom. The third-order valence-electron chi connectivity index (χ3n) is 2.70. The van der Waals surface area contributed by atoms with Gasteiger partial charge in [-0.2, -0.15) is 4.31 Å². The number of hydrogen-bond donors (Lipinski definition) is 0. The maximum Gasteiger partial charge on any atom is 0.243 e. The summed E-state index contributed by atoms with van der Waals surface area (Å²) in [5, 5.41) is 0. The molecule has 0 atom stereocenters. The minimum absolute atomic E-state index is 0.323. The highest BCUT2D eigenvalue weighted by atomic mass is 32.2. The molecule has 18 heavy (non-hydrogen) atoms. The molecule has 0 bridgehead atoms. The standard InChI is InChI=1S/C14H15NO2S/c1-15(12-13-8-4-2-5-9-13)18(16,17)14-10-6-3-7-11-14/h2-11H,12H2,1H3. The van der Waals surface area contributed by atoms with Crippen molar-refractivity contribution in [1.29, 1.82) is 0 Å². The molecule has 0 heterocycles. The lowest BCUT2D eigenvalue weighted by atomic mass is 10.2. The zero-order valence-corrected chi connectivity index (χ0v) is 11.0. The van der Waals surface area contributed by atoms with Crippen LogP contribution in [0.5, 0.6) is 0 Å². The van der Waals surface area contributed by atoms with Gasteiger partial charge in [0.15, 0.2) is 0 Å². The van der Waals surface area contributed by atoms with Crippen molar-refractivity contribution < 1.29 is 8.42 Å². The average Bonchev–Trinajstić information content (AvgIpc) is 2.41. The highest BCUT2D eigenvalue weighted by Crippen LogP contribution is 2.15. The van der Waals surface area contributed by atoms with Gasteiger partial charge in [-0.15, -0.1) is 0 Å². The molecule has 3 nitrogen and oxygen atoms in total. The monoisotopic (exact) mass is 261 g/mol. The molecular weight excluding hydrogens is 246 g/mol. The first kappa shape index (κ1) is 12.8. The van der Waals surface area contributed by atoms with Crippen molar-refractivity contribution >= 4 is 10.0 Å². The van der Waals surface area contributed by atoms with Gasteiger partial charge in [0.2, 0.25) is 10.0 Å². The lowest BCUT2D eigenvalue weighted by Gasteiger charge is -2.17. The van der Waals surface area contributed by atoms with E-state index in [9.17, 15) is 8.42 Å². The smallest absolute Gasteiger partial charge is 0.207 e. The van der Waals surface area contributed by atoms with E-state index in [4.69, 9.17) is 0 Å². The molecule has 0 aliphatic carbocycles. The van der Waals surface area contributed by atoms with E-state index in [1.807, 2.05) is 30.3 Å². The van der Waals surface area contributed by atoms with E-state index >= 15 is 0 Å². The van der Waals surface area contributed by atoms with Crippen LogP contribution in [-0.4, -0.2) is 19.8 Å². The molecule has 0 aliphatic rings. The van der Waals surface area contributed by atoms with Crippen LogP contribution in [0.2, 0.25) is 0 Å². The van der Waals surface area contributed by atoms with E-state index in [-0.39, 0.29) is 0 Å². The molecule has 0 amide bonds. The van der Waals surface area contributed by atoms with E-state index in [1.54, 1.807) is 37.4 Å². The highest BCUT2D eigenvalue weighted by Gasteiger charge is 2.20. The fourth-order valence-corrected chi connectivity index (χ4v) is 2.88. The maximum atomic E-state index is 12.3. The number of nitrogens with zero attached hydrogens (tertiary/aromatic N) is 1. The van der Waals surface area contributed by atoms with E-state index in [1.165, 1.54) is 4.31 Å². The SMILES string of the molecule is CN(Cc1ccccc1)S(=O)(=O)c1ccccc1. The van der Waals surface area contributed by atoms with Gasteiger partial charge in [-0.25, -0.2) is 8.42 Å². The maximum absolute atomic E-state index is 12.3. The molecule has 4 heteroatoms. The van der Waals surface area contributed by atoms with Gasteiger partial charge in [0, 0.05) is 13.6 Å². The summed E-state index contributed by atoms with van der Waals surface area (Å²) >= 11 is 0. The first-order valence-corrected chi connectivity index (χ1v) is 7.10. The predicted molar refractivity (Wildman–Crippen MR) is 71.5 cm³/mol. The van der Waals surface area contributed by atoms with Crippen LogP contribution in [0.25, 0.3) is 0 Å². The van der Waals surface area contributed by atoms with Crippen LogP contribution >= 0.6 is 0 Å².